The van der Waals surface area contributed by atoms with E-state index >= 15 is 0 Å². The summed E-state index contributed by atoms with van der Waals surface area (Å²) in [6, 6.07) is 5.28. The molecule has 2 saturated carbocycles. The second kappa shape index (κ2) is 8.54. The van der Waals surface area contributed by atoms with Crippen molar-refractivity contribution in [1.29, 1.82) is 0 Å². The minimum absolute atomic E-state index is 0.0702. The standard InChI is InChI=1S/C23H34N4O3S/c1-5-27-21-9-8-18(31(29,30)26(3)4)14-20(21)25-22(27)10-11-23(28)24-15(2)19-13-16-6-7-17(19)12-16/h8-9,14-17,19H,5-7,10-13H2,1-4H3,(H,24,28)/t15-,16-,17-,19+/m0/s1. The van der Waals surface area contributed by atoms with Crippen LogP contribution in [0, 0.1) is 17.8 Å². The van der Waals surface area contributed by atoms with Crippen LogP contribution in [0.4, 0.5) is 0 Å². The Bertz CT molecular complexity index is 1080. The van der Waals surface area contributed by atoms with Gasteiger partial charge in [0.1, 0.15) is 5.82 Å². The molecule has 7 nitrogen and oxygen atoms in total. The molecule has 1 heterocycles. The topological polar surface area (TPSA) is 84.3 Å². The summed E-state index contributed by atoms with van der Waals surface area (Å²) in [7, 11) is -0.470. The van der Waals surface area contributed by atoms with Gasteiger partial charge in [-0.25, -0.2) is 17.7 Å². The molecule has 0 spiro atoms. The number of aromatic nitrogens is 2. The zero-order valence-corrected chi connectivity index (χ0v) is 19.8. The van der Waals surface area contributed by atoms with Gasteiger partial charge in [-0.2, -0.15) is 0 Å². The number of imidazole rings is 1. The van der Waals surface area contributed by atoms with E-state index in [1.807, 2.05) is 13.0 Å². The average Bonchev–Trinajstić information content (AvgIpc) is 3.45. The number of hydrogen-bond acceptors (Lipinski definition) is 4. The molecule has 31 heavy (non-hydrogen) atoms. The summed E-state index contributed by atoms with van der Waals surface area (Å²) >= 11 is 0. The average molecular weight is 447 g/mol. The van der Waals surface area contributed by atoms with E-state index < -0.39 is 10.0 Å². The number of amides is 1. The number of rotatable bonds is 8. The molecule has 8 heteroatoms. The maximum atomic E-state index is 12.6. The fraction of sp³-hybridized carbons (Fsp3) is 0.652. The lowest BCUT2D eigenvalue weighted by Crippen LogP contribution is -2.40. The first-order valence-electron chi connectivity index (χ1n) is 11.4. The van der Waals surface area contributed by atoms with Crippen LogP contribution in [0.3, 0.4) is 0 Å². The molecule has 4 rings (SSSR count). The zero-order chi connectivity index (χ0) is 22.3. The van der Waals surface area contributed by atoms with Gasteiger partial charge in [-0.05, 0) is 69.1 Å². The van der Waals surface area contributed by atoms with Crippen LogP contribution in [0.5, 0.6) is 0 Å². The molecular formula is C23H34N4O3S. The second-order valence-corrected chi connectivity index (χ2v) is 11.6. The Morgan fingerprint density at radius 1 is 1.29 bits per heavy atom. The van der Waals surface area contributed by atoms with E-state index in [1.54, 1.807) is 12.1 Å². The number of sulfonamides is 1. The van der Waals surface area contributed by atoms with Gasteiger partial charge in [0.15, 0.2) is 0 Å². The smallest absolute Gasteiger partial charge is 0.242 e. The van der Waals surface area contributed by atoms with Crippen LogP contribution < -0.4 is 5.32 Å². The Morgan fingerprint density at radius 2 is 2.06 bits per heavy atom. The van der Waals surface area contributed by atoms with Gasteiger partial charge in [-0.1, -0.05) is 6.42 Å². The number of hydrogen-bond donors (Lipinski definition) is 1. The summed E-state index contributed by atoms with van der Waals surface area (Å²) < 4.78 is 28.2. The van der Waals surface area contributed by atoms with Crippen LogP contribution >= 0.6 is 0 Å². The second-order valence-electron chi connectivity index (χ2n) is 9.41. The third-order valence-electron chi connectivity index (χ3n) is 7.29. The third kappa shape index (κ3) is 4.24. The number of benzene rings is 1. The fourth-order valence-electron chi connectivity index (χ4n) is 5.64. The molecular weight excluding hydrogens is 412 g/mol. The first-order valence-corrected chi connectivity index (χ1v) is 12.9. The van der Waals surface area contributed by atoms with Gasteiger partial charge in [0.25, 0.3) is 0 Å². The first-order chi connectivity index (χ1) is 14.7. The van der Waals surface area contributed by atoms with Gasteiger partial charge < -0.3 is 9.88 Å². The molecule has 1 aromatic heterocycles. The van der Waals surface area contributed by atoms with Crippen molar-refractivity contribution in [1.82, 2.24) is 19.2 Å². The Kier molecular flexibility index (Phi) is 6.14. The quantitative estimate of drug-likeness (QED) is 0.675. The van der Waals surface area contributed by atoms with Gasteiger partial charge >= 0.3 is 0 Å². The molecule has 0 unspecified atom stereocenters. The van der Waals surface area contributed by atoms with E-state index in [1.165, 1.54) is 44.1 Å². The molecule has 170 valence electrons. The number of carbonyl (C=O) groups excluding carboxylic acids is 1. The lowest BCUT2D eigenvalue weighted by molar-refractivity contribution is -0.122. The van der Waals surface area contributed by atoms with E-state index in [2.05, 4.69) is 21.8 Å². The Labute approximate surface area is 185 Å². The maximum Gasteiger partial charge on any atom is 0.242 e. The molecule has 0 radical (unpaired) electrons. The summed E-state index contributed by atoms with van der Waals surface area (Å²) in [6.45, 7) is 4.90. The molecule has 1 N–H and O–H groups in total. The van der Waals surface area contributed by atoms with Crippen molar-refractivity contribution in [3.05, 3.63) is 24.0 Å². The minimum atomic E-state index is -3.51. The highest BCUT2D eigenvalue weighted by atomic mass is 32.2. The number of fused-ring (bicyclic) bond motifs is 3. The molecule has 2 aliphatic carbocycles. The highest BCUT2D eigenvalue weighted by Gasteiger charge is 2.42. The van der Waals surface area contributed by atoms with Gasteiger partial charge in [0.2, 0.25) is 15.9 Å². The summed E-state index contributed by atoms with van der Waals surface area (Å²) in [5.74, 6) is 3.18. The fourth-order valence-corrected chi connectivity index (χ4v) is 6.56. The van der Waals surface area contributed by atoms with Crippen LogP contribution in [0.1, 0.15) is 51.8 Å². The Balaban J connectivity index is 1.44. The van der Waals surface area contributed by atoms with Crippen molar-refractivity contribution in [2.24, 2.45) is 17.8 Å². The molecule has 2 bridgehead atoms. The number of nitrogens with one attached hydrogen (secondary N) is 1. The van der Waals surface area contributed by atoms with Crippen LogP contribution in [-0.2, 0) is 27.8 Å². The molecule has 0 aliphatic heterocycles. The molecule has 1 aromatic carbocycles. The Morgan fingerprint density at radius 3 is 2.68 bits per heavy atom. The summed E-state index contributed by atoms with van der Waals surface area (Å²) in [4.78, 5) is 17.5. The van der Waals surface area contributed by atoms with Crippen molar-refractivity contribution in [2.75, 3.05) is 14.1 Å². The lowest BCUT2D eigenvalue weighted by Gasteiger charge is -2.28. The monoisotopic (exact) mass is 446 g/mol. The van der Waals surface area contributed by atoms with E-state index in [4.69, 9.17) is 0 Å². The van der Waals surface area contributed by atoms with E-state index in [-0.39, 0.29) is 16.8 Å². The van der Waals surface area contributed by atoms with Crippen molar-refractivity contribution in [3.8, 4) is 0 Å². The highest BCUT2D eigenvalue weighted by molar-refractivity contribution is 7.89. The van der Waals surface area contributed by atoms with Crippen LogP contribution in [0.25, 0.3) is 11.0 Å². The summed E-state index contributed by atoms with van der Waals surface area (Å²) in [6.07, 6.45) is 6.21. The van der Waals surface area contributed by atoms with Crippen LogP contribution in [0.15, 0.2) is 23.1 Å². The highest BCUT2D eigenvalue weighted by Crippen LogP contribution is 2.49. The van der Waals surface area contributed by atoms with Crippen LogP contribution in [0.2, 0.25) is 0 Å². The molecule has 0 saturated heterocycles. The maximum absolute atomic E-state index is 12.6. The molecule has 2 aromatic rings. The van der Waals surface area contributed by atoms with Gasteiger partial charge in [0, 0.05) is 39.5 Å². The van der Waals surface area contributed by atoms with Gasteiger partial charge in [0.05, 0.1) is 15.9 Å². The molecule has 4 atom stereocenters. The predicted octanol–water partition coefficient (Wildman–Crippen LogP) is 3.18. The molecule has 1 amide bonds. The SMILES string of the molecule is CCn1c(CCC(=O)N[C@@H](C)[C@H]2C[C@H]3CC[C@H]2C3)nc2cc(S(=O)(=O)N(C)C)ccc21. The van der Waals surface area contributed by atoms with Crippen molar-refractivity contribution in [2.45, 2.75) is 69.9 Å². The minimum Gasteiger partial charge on any atom is -0.353 e. The first kappa shape index (κ1) is 22.3. The van der Waals surface area contributed by atoms with Crippen molar-refractivity contribution < 1.29 is 13.2 Å². The third-order valence-corrected chi connectivity index (χ3v) is 9.10. The number of aryl methyl sites for hydroxylation is 2. The predicted molar refractivity (Wildman–Crippen MR) is 121 cm³/mol. The van der Waals surface area contributed by atoms with Crippen LogP contribution in [-0.4, -0.2) is 48.3 Å². The number of carbonyl (C=O) groups is 1. The van der Waals surface area contributed by atoms with E-state index in [0.29, 0.717) is 24.3 Å². The normalized spacial score (nSPS) is 24.2. The lowest BCUT2D eigenvalue weighted by atomic mass is 9.84. The summed E-state index contributed by atoms with van der Waals surface area (Å²) in [5, 5.41) is 3.23. The number of nitrogens with zero attached hydrogens (tertiary/aromatic N) is 3. The van der Waals surface area contributed by atoms with Crippen molar-refractivity contribution >= 4 is 27.0 Å². The molecule has 2 aliphatic rings. The van der Waals surface area contributed by atoms with E-state index in [0.717, 1.165) is 29.7 Å². The Hall–Kier alpha value is -1.93. The molecule has 2 fully saturated rings. The summed E-state index contributed by atoms with van der Waals surface area (Å²) in [5.41, 5.74) is 1.54. The van der Waals surface area contributed by atoms with Crippen molar-refractivity contribution in [3.63, 3.8) is 0 Å². The van der Waals surface area contributed by atoms with Gasteiger partial charge in [-0.3, -0.25) is 4.79 Å². The zero-order valence-electron chi connectivity index (χ0n) is 19.0. The van der Waals surface area contributed by atoms with E-state index in [9.17, 15) is 13.2 Å². The van der Waals surface area contributed by atoms with Gasteiger partial charge in [-0.15, -0.1) is 0 Å². The largest absolute Gasteiger partial charge is 0.353 e.